The Morgan fingerprint density at radius 1 is 0.906 bits per heavy atom. The van der Waals surface area contributed by atoms with Crippen molar-refractivity contribution >= 4 is 0 Å². The second kappa shape index (κ2) is 10.0. The van der Waals surface area contributed by atoms with Crippen molar-refractivity contribution in [2.24, 2.45) is 0 Å². The minimum atomic E-state index is -0.0554. The van der Waals surface area contributed by atoms with Crippen molar-refractivity contribution in [1.82, 2.24) is 14.5 Å². The van der Waals surface area contributed by atoms with Crippen LogP contribution in [-0.2, 0) is 30.5 Å². The molecular weight excluding hydrogens is 394 g/mol. The molecule has 2 aliphatic heterocycles. The van der Waals surface area contributed by atoms with Gasteiger partial charge in [-0.15, -0.1) is 0 Å². The number of hydrogen-bond acceptors (Lipinski definition) is 3. The number of hydrogen-bond donors (Lipinski definition) is 0. The lowest BCUT2D eigenvalue weighted by Gasteiger charge is -2.32. The number of aryl methyl sites for hydroxylation is 4. The van der Waals surface area contributed by atoms with Crippen LogP contribution in [0.3, 0.4) is 0 Å². The molecule has 1 aromatic heterocycles. The Kier molecular flexibility index (Phi) is 6.70. The number of fused-ring (bicyclic) bond motifs is 2. The zero-order chi connectivity index (χ0) is 21.8. The molecule has 4 heteroatoms. The first kappa shape index (κ1) is 21.4. The van der Waals surface area contributed by atoms with Crippen molar-refractivity contribution in [3.8, 4) is 0 Å². The Balaban J connectivity index is 1.30. The van der Waals surface area contributed by atoms with Crippen LogP contribution in [0, 0.1) is 0 Å². The summed E-state index contributed by atoms with van der Waals surface area (Å²) in [6.07, 6.45) is 10.3. The Hall–Kier alpha value is -2.43. The molecule has 0 aliphatic carbocycles. The Labute approximate surface area is 192 Å². The summed E-state index contributed by atoms with van der Waals surface area (Å²) in [5.74, 6) is 1.10. The number of nitrogens with zero attached hydrogens (tertiary/aromatic N) is 3. The first-order valence-corrected chi connectivity index (χ1v) is 12.3. The van der Waals surface area contributed by atoms with Crippen LogP contribution in [0.15, 0.2) is 60.8 Å². The van der Waals surface area contributed by atoms with E-state index in [1.807, 2.05) is 0 Å². The van der Waals surface area contributed by atoms with Crippen LogP contribution < -0.4 is 0 Å². The average Bonchev–Trinajstić information content (AvgIpc) is 3.18. The zero-order valence-corrected chi connectivity index (χ0v) is 19.2. The molecule has 1 atom stereocenters. The van der Waals surface area contributed by atoms with Crippen molar-refractivity contribution in [3.05, 3.63) is 89.0 Å². The van der Waals surface area contributed by atoms with E-state index in [4.69, 9.17) is 9.72 Å². The number of piperidine rings is 1. The zero-order valence-electron chi connectivity index (χ0n) is 19.2. The van der Waals surface area contributed by atoms with E-state index in [1.165, 1.54) is 35.2 Å². The van der Waals surface area contributed by atoms with E-state index in [0.29, 0.717) is 6.10 Å². The van der Waals surface area contributed by atoms with E-state index >= 15 is 0 Å². The van der Waals surface area contributed by atoms with Crippen LogP contribution in [-0.4, -0.2) is 40.7 Å². The van der Waals surface area contributed by atoms with E-state index in [2.05, 4.69) is 77.3 Å². The Bertz CT molecular complexity index is 1000. The molecule has 3 aromatic rings. The third-order valence-electron chi connectivity index (χ3n) is 7.04. The van der Waals surface area contributed by atoms with Crippen LogP contribution in [0.5, 0.6) is 0 Å². The van der Waals surface area contributed by atoms with Crippen LogP contribution >= 0.6 is 0 Å². The van der Waals surface area contributed by atoms with Gasteiger partial charge in [-0.1, -0.05) is 54.6 Å². The van der Waals surface area contributed by atoms with Crippen LogP contribution in [0.4, 0.5) is 0 Å². The van der Waals surface area contributed by atoms with Crippen molar-refractivity contribution in [2.45, 2.75) is 63.7 Å². The predicted molar refractivity (Wildman–Crippen MR) is 129 cm³/mol. The standard InChI is InChI=1S/C28H35N3O/c1-30-18-16-25(17-19-30)32-27-26-14-8-6-12-23(26)15-20-31-21-24(29-28(27)31)13-7-5-11-22-9-3-2-4-10-22/h2-4,6,8-10,12,14,21,25,27H,5,7,11,13,15-20H2,1H3. The molecule has 2 aliphatic rings. The summed E-state index contributed by atoms with van der Waals surface area (Å²) in [6.45, 7) is 3.21. The quantitative estimate of drug-likeness (QED) is 0.483. The summed E-state index contributed by atoms with van der Waals surface area (Å²) in [5.41, 5.74) is 5.35. The molecule has 5 rings (SSSR count). The van der Waals surface area contributed by atoms with Gasteiger partial charge >= 0.3 is 0 Å². The second-order valence-electron chi connectivity index (χ2n) is 9.44. The topological polar surface area (TPSA) is 30.3 Å². The molecule has 2 aromatic carbocycles. The molecule has 32 heavy (non-hydrogen) atoms. The first-order valence-electron chi connectivity index (χ1n) is 12.3. The number of likely N-dealkylation sites (tertiary alicyclic amines) is 1. The highest BCUT2D eigenvalue weighted by Gasteiger charge is 2.30. The Morgan fingerprint density at radius 3 is 2.50 bits per heavy atom. The molecule has 0 spiro atoms. The smallest absolute Gasteiger partial charge is 0.142 e. The van der Waals surface area contributed by atoms with Crippen LogP contribution in [0.25, 0.3) is 0 Å². The van der Waals surface area contributed by atoms with E-state index in [1.54, 1.807) is 0 Å². The third-order valence-corrected chi connectivity index (χ3v) is 7.04. The summed E-state index contributed by atoms with van der Waals surface area (Å²) in [6, 6.07) is 19.6. The minimum absolute atomic E-state index is 0.0554. The maximum absolute atomic E-state index is 6.80. The highest BCUT2D eigenvalue weighted by molar-refractivity contribution is 5.35. The molecule has 1 fully saturated rings. The number of ether oxygens (including phenoxy) is 1. The van der Waals surface area contributed by atoms with E-state index in [9.17, 15) is 0 Å². The monoisotopic (exact) mass is 429 g/mol. The molecule has 1 unspecified atom stereocenters. The van der Waals surface area contributed by atoms with Crippen molar-refractivity contribution in [1.29, 1.82) is 0 Å². The van der Waals surface area contributed by atoms with Gasteiger partial charge in [0.2, 0.25) is 0 Å². The van der Waals surface area contributed by atoms with Gasteiger partial charge in [0.15, 0.2) is 0 Å². The highest BCUT2D eigenvalue weighted by Crippen LogP contribution is 2.34. The summed E-state index contributed by atoms with van der Waals surface area (Å²) >= 11 is 0. The summed E-state index contributed by atoms with van der Waals surface area (Å²) in [7, 11) is 2.20. The minimum Gasteiger partial charge on any atom is -0.362 e. The van der Waals surface area contributed by atoms with Crippen molar-refractivity contribution in [3.63, 3.8) is 0 Å². The first-order chi connectivity index (χ1) is 15.8. The average molecular weight is 430 g/mol. The fourth-order valence-electron chi connectivity index (χ4n) is 5.12. The van der Waals surface area contributed by atoms with Crippen molar-refractivity contribution in [2.75, 3.05) is 20.1 Å². The summed E-state index contributed by atoms with van der Waals surface area (Å²) in [5, 5.41) is 0. The normalized spacial score (nSPS) is 19.3. The molecule has 168 valence electrons. The van der Waals surface area contributed by atoms with Gasteiger partial charge in [-0.05, 0) is 68.7 Å². The van der Waals surface area contributed by atoms with Gasteiger partial charge in [0, 0.05) is 25.8 Å². The molecule has 0 N–H and O–H groups in total. The molecule has 0 radical (unpaired) electrons. The SMILES string of the molecule is CN1CCC(OC2c3ccccc3CCn3cc(CCCCc4ccccc4)nc32)CC1. The molecule has 0 amide bonds. The number of unbranched alkanes of at least 4 members (excludes halogenated alkanes) is 1. The molecular formula is C28H35N3O. The maximum Gasteiger partial charge on any atom is 0.142 e. The van der Waals surface area contributed by atoms with Gasteiger partial charge < -0.3 is 14.2 Å². The fourth-order valence-corrected chi connectivity index (χ4v) is 5.12. The van der Waals surface area contributed by atoms with Crippen LogP contribution in [0.1, 0.15) is 60.0 Å². The molecule has 0 bridgehead atoms. The second-order valence-corrected chi connectivity index (χ2v) is 9.44. The number of aromatic nitrogens is 2. The molecule has 0 saturated carbocycles. The van der Waals surface area contributed by atoms with Gasteiger partial charge in [0.1, 0.15) is 11.9 Å². The molecule has 1 saturated heterocycles. The van der Waals surface area contributed by atoms with Gasteiger partial charge in [0.25, 0.3) is 0 Å². The van der Waals surface area contributed by atoms with Gasteiger partial charge in [0.05, 0.1) is 11.8 Å². The van der Waals surface area contributed by atoms with Crippen molar-refractivity contribution < 1.29 is 4.74 Å². The van der Waals surface area contributed by atoms with Gasteiger partial charge in [-0.3, -0.25) is 0 Å². The summed E-state index contributed by atoms with van der Waals surface area (Å²) in [4.78, 5) is 7.54. The largest absolute Gasteiger partial charge is 0.362 e. The lowest BCUT2D eigenvalue weighted by atomic mass is 10.00. The summed E-state index contributed by atoms with van der Waals surface area (Å²) < 4.78 is 9.17. The van der Waals surface area contributed by atoms with Gasteiger partial charge in [-0.25, -0.2) is 4.98 Å². The highest BCUT2D eigenvalue weighted by atomic mass is 16.5. The third kappa shape index (κ3) is 4.97. The number of rotatable bonds is 7. The number of imidazole rings is 1. The van der Waals surface area contributed by atoms with E-state index in [-0.39, 0.29) is 6.10 Å². The molecule has 3 heterocycles. The van der Waals surface area contributed by atoms with E-state index in [0.717, 1.165) is 57.6 Å². The Morgan fingerprint density at radius 2 is 1.66 bits per heavy atom. The maximum atomic E-state index is 6.80. The van der Waals surface area contributed by atoms with Gasteiger partial charge in [-0.2, -0.15) is 0 Å². The van der Waals surface area contributed by atoms with Crippen LogP contribution in [0.2, 0.25) is 0 Å². The fraction of sp³-hybridized carbons (Fsp3) is 0.464. The van der Waals surface area contributed by atoms with E-state index < -0.39 is 0 Å². The number of benzene rings is 2. The molecule has 4 nitrogen and oxygen atoms in total. The predicted octanol–water partition coefficient (Wildman–Crippen LogP) is 5.20. The lowest BCUT2D eigenvalue weighted by molar-refractivity contribution is -0.0276. The lowest BCUT2D eigenvalue weighted by Crippen LogP contribution is -2.35.